The molecule has 6 heteroatoms. The highest BCUT2D eigenvalue weighted by Crippen LogP contribution is 2.30. The first kappa shape index (κ1) is 14.9. The maximum Gasteiger partial charge on any atom is 0.182 e. The first-order valence-corrected chi connectivity index (χ1v) is 8.51. The molecular weight excluding hydrogens is 300 g/mol. The molecule has 0 saturated carbocycles. The van der Waals surface area contributed by atoms with Crippen molar-refractivity contribution in [1.29, 1.82) is 0 Å². The van der Waals surface area contributed by atoms with E-state index in [9.17, 15) is 0 Å². The molecule has 0 amide bonds. The van der Waals surface area contributed by atoms with Crippen LogP contribution in [0, 0.1) is 6.92 Å². The normalized spacial score (nSPS) is 18.1. The van der Waals surface area contributed by atoms with Crippen LogP contribution in [0.2, 0.25) is 0 Å². The van der Waals surface area contributed by atoms with E-state index in [1.54, 1.807) is 6.33 Å². The van der Waals surface area contributed by atoms with Gasteiger partial charge in [-0.15, -0.1) is 0 Å². The highest BCUT2D eigenvalue weighted by atomic mass is 15.2. The van der Waals surface area contributed by atoms with Gasteiger partial charge in [0.25, 0.3) is 0 Å². The van der Waals surface area contributed by atoms with Crippen molar-refractivity contribution in [3.8, 4) is 0 Å². The highest BCUT2D eigenvalue weighted by Gasteiger charge is 2.19. The Balaban J connectivity index is 1.61. The molecule has 1 atom stereocenters. The fourth-order valence-corrected chi connectivity index (χ4v) is 3.44. The summed E-state index contributed by atoms with van der Waals surface area (Å²) in [4.78, 5) is 18.3. The third kappa shape index (κ3) is 2.68. The van der Waals surface area contributed by atoms with Gasteiger partial charge < -0.3 is 15.2 Å². The number of hydrogen-bond acceptors (Lipinski definition) is 5. The molecule has 4 rings (SSSR count). The number of nitrogens with zero attached hydrogens (tertiary/aromatic N) is 4. The molecule has 1 aromatic carbocycles. The van der Waals surface area contributed by atoms with E-state index < -0.39 is 0 Å². The summed E-state index contributed by atoms with van der Waals surface area (Å²) in [6.07, 6.45) is 7.06. The maximum atomic E-state index is 4.34. The highest BCUT2D eigenvalue weighted by molar-refractivity contribution is 5.85. The molecule has 2 N–H and O–H groups in total. The summed E-state index contributed by atoms with van der Waals surface area (Å²) in [5, 5.41) is 3.40. The zero-order chi connectivity index (χ0) is 16.5. The third-order valence-electron chi connectivity index (χ3n) is 4.82. The van der Waals surface area contributed by atoms with Gasteiger partial charge >= 0.3 is 0 Å². The predicted octanol–water partition coefficient (Wildman–Crippen LogP) is 3.78. The molecule has 3 heterocycles. The minimum Gasteiger partial charge on any atom is -0.369 e. The SMILES string of the molecule is Cc1cc(N2CCCCC2C)ccc1Nc1ncnc2nc[nH]c12. The quantitative estimate of drug-likeness (QED) is 0.768. The third-order valence-corrected chi connectivity index (χ3v) is 4.82. The Morgan fingerprint density at radius 3 is 2.96 bits per heavy atom. The summed E-state index contributed by atoms with van der Waals surface area (Å²) >= 11 is 0. The molecule has 0 bridgehead atoms. The average molecular weight is 322 g/mol. The van der Waals surface area contributed by atoms with Crippen LogP contribution in [-0.2, 0) is 0 Å². The minimum atomic E-state index is 0.614. The topological polar surface area (TPSA) is 69.7 Å². The number of H-pyrrole nitrogens is 1. The summed E-state index contributed by atoms with van der Waals surface area (Å²) in [5.41, 5.74) is 5.06. The number of piperidine rings is 1. The number of anilines is 3. The first-order valence-electron chi connectivity index (χ1n) is 8.51. The molecule has 3 aromatic rings. The second-order valence-corrected chi connectivity index (χ2v) is 6.49. The monoisotopic (exact) mass is 322 g/mol. The van der Waals surface area contributed by atoms with Crippen LogP contribution in [0.5, 0.6) is 0 Å². The van der Waals surface area contributed by atoms with Crippen LogP contribution in [0.25, 0.3) is 11.2 Å². The molecule has 24 heavy (non-hydrogen) atoms. The van der Waals surface area contributed by atoms with Crippen LogP contribution in [0.15, 0.2) is 30.9 Å². The van der Waals surface area contributed by atoms with E-state index in [0.29, 0.717) is 11.7 Å². The summed E-state index contributed by atoms with van der Waals surface area (Å²) < 4.78 is 0. The largest absolute Gasteiger partial charge is 0.369 e. The van der Waals surface area contributed by atoms with Gasteiger partial charge in [-0.05, 0) is 56.9 Å². The zero-order valence-electron chi connectivity index (χ0n) is 14.1. The van der Waals surface area contributed by atoms with Crippen molar-refractivity contribution in [2.45, 2.75) is 39.2 Å². The van der Waals surface area contributed by atoms with Gasteiger partial charge in [0.05, 0.1) is 6.33 Å². The standard InChI is InChI=1S/C18H22N6/c1-12-9-14(24-8-4-3-5-13(24)2)6-7-15(12)23-18-16-17(20-10-19-16)21-11-22-18/h6-7,9-11,13H,3-5,8H2,1-2H3,(H2,19,20,21,22,23). The van der Waals surface area contributed by atoms with Gasteiger partial charge in [-0.25, -0.2) is 15.0 Å². The molecule has 1 fully saturated rings. The Hall–Kier alpha value is -2.63. The Morgan fingerprint density at radius 2 is 2.12 bits per heavy atom. The number of aryl methyl sites for hydroxylation is 1. The zero-order valence-corrected chi connectivity index (χ0v) is 14.1. The number of rotatable bonds is 3. The molecule has 1 aliphatic heterocycles. The molecule has 2 aromatic heterocycles. The maximum absolute atomic E-state index is 4.34. The van der Waals surface area contributed by atoms with Crippen LogP contribution in [-0.4, -0.2) is 32.5 Å². The number of benzene rings is 1. The molecule has 1 unspecified atom stereocenters. The van der Waals surface area contributed by atoms with Crippen LogP contribution in [0.4, 0.5) is 17.2 Å². The number of nitrogens with one attached hydrogen (secondary N) is 2. The van der Waals surface area contributed by atoms with Gasteiger partial charge in [0.15, 0.2) is 11.5 Å². The number of aromatic amines is 1. The molecule has 1 aliphatic rings. The van der Waals surface area contributed by atoms with E-state index >= 15 is 0 Å². The van der Waals surface area contributed by atoms with E-state index in [1.165, 1.54) is 36.8 Å². The van der Waals surface area contributed by atoms with E-state index in [1.807, 2.05) is 0 Å². The van der Waals surface area contributed by atoms with E-state index in [-0.39, 0.29) is 0 Å². The van der Waals surface area contributed by atoms with Crippen molar-refractivity contribution >= 4 is 28.4 Å². The minimum absolute atomic E-state index is 0.614. The fraction of sp³-hybridized carbons (Fsp3) is 0.389. The molecule has 124 valence electrons. The van der Waals surface area contributed by atoms with Crippen molar-refractivity contribution in [2.24, 2.45) is 0 Å². The fourth-order valence-electron chi connectivity index (χ4n) is 3.44. The second-order valence-electron chi connectivity index (χ2n) is 6.49. The summed E-state index contributed by atoms with van der Waals surface area (Å²) in [6, 6.07) is 7.21. The van der Waals surface area contributed by atoms with Crippen molar-refractivity contribution < 1.29 is 0 Å². The first-order chi connectivity index (χ1) is 11.7. The van der Waals surface area contributed by atoms with Gasteiger partial charge in [-0.2, -0.15) is 0 Å². The number of aromatic nitrogens is 4. The van der Waals surface area contributed by atoms with E-state index in [4.69, 9.17) is 0 Å². The number of imidazole rings is 1. The molecule has 6 nitrogen and oxygen atoms in total. The summed E-state index contributed by atoms with van der Waals surface area (Å²) in [7, 11) is 0. The molecular formula is C18H22N6. The van der Waals surface area contributed by atoms with Crippen LogP contribution >= 0.6 is 0 Å². The lowest BCUT2D eigenvalue weighted by atomic mass is 10.0. The lowest BCUT2D eigenvalue weighted by Crippen LogP contribution is -2.37. The van der Waals surface area contributed by atoms with Crippen LogP contribution < -0.4 is 10.2 Å². The molecule has 1 saturated heterocycles. The van der Waals surface area contributed by atoms with Gasteiger partial charge in [-0.1, -0.05) is 0 Å². The summed E-state index contributed by atoms with van der Waals surface area (Å²) in [6.45, 7) is 5.59. The van der Waals surface area contributed by atoms with Crippen LogP contribution in [0.3, 0.4) is 0 Å². The van der Waals surface area contributed by atoms with Gasteiger partial charge in [-0.3, -0.25) is 0 Å². The Kier molecular flexibility index (Phi) is 3.80. The smallest absolute Gasteiger partial charge is 0.182 e. The second kappa shape index (κ2) is 6.11. The average Bonchev–Trinajstić information content (AvgIpc) is 3.07. The molecule has 0 radical (unpaired) electrons. The Bertz CT molecular complexity index is 856. The van der Waals surface area contributed by atoms with Gasteiger partial charge in [0, 0.05) is 24.0 Å². The van der Waals surface area contributed by atoms with E-state index in [2.05, 4.69) is 62.2 Å². The molecule has 0 spiro atoms. The van der Waals surface area contributed by atoms with Crippen molar-refractivity contribution in [1.82, 2.24) is 19.9 Å². The van der Waals surface area contributed by atoms with Gasteiger partial charge in [0.1, 0.15) is 11.8 Å². The number of fused-ring (bicyclic) bond motifs is 1. The van der Waals surface area contributed by atoms with Crippen molar-refractivity contribution in [3.63, 3.8) is 0 Å². The number of hydrogen-bond donors (Lipinski definition) is 2. The van der Waals surface area contributed by atoms with E-state index in [0.717, 1.165) is 23.6 Å². The van der Waals surface area contributed by atoms with Crippen molar-refractivity contribution in [3.05, 3.63) is 36.4 Å². The van der Waals surface area contributed by atoms with Crippen LogP contribution in [0.1, 0.15) is 31.7 Å². The Labute approximate surface area is 141 Å². The predicted molar refractivity (Wildman–Crippen MR) is 96.8 cm³/mol. The summed E-state index contributed by atoms with van der Waals surface area (Å²) in [5.74, 6) is 0.750. The van der Waals surface area contributed by atoms with Gasteiger partial charge in [0.2, 0.25) is 0 Å². The van der Waals surface area contributed by atoms with Crippen molar-refractivity contribution in [2.75, 3.05) is 16.8 Å². The lowest BCUT2D eigenvalue weighted by molar-refractivity contribution is 0.485. The Morgan fingerprint density at radius 1 is 1.21 bits per heavy atom. The lowest BCUT2D eigenvalue weighted by Gasteiger charge is -2.35. The molecule has 0 aliphatic carbocycles.